The summed E-state index contributed by atoms with van der Waals surface area (Å²) in [5, 5.41) is 3.86. The molecule has 2 aromatic rings. The largest absolute Gasteiger partial charge is 0.438 e. The molecule has 0 radical (unpaired) electrons. The van der Waals surface area contributed by atoms with Gasteiger partial charge in [-0.15, -0.1) is 0 Å². The monoisotopic (exact) mass is 396 g/mol. The number of hydrogen-bond donors (Lipinski definition) is 0. The predicted octanol–water partition coefficient (Wildman–Crippen LogP) is 2.34. The Morgan fingerprint density at radius 1 is 1.15 bits per heavy atom. The van der Waals surface area contributed by atoms with E-state index in [1.165, 1.54) is 16.4 Å². The smallest absolute Gasteiger partial charge is 0.290 e. The van der Waals surface area contributed by atoms with Gasteiger partial charge in [0.1, 0.15) is 0 Å². The fourth-order valence-corrected chi connectivity index (χ4v) is 5.48. The Labute approximate surface area is 156 Å². The summed E-state index contributed by atoms with van der Waals surface area (Å²) in [6.07, 6.45) is 1.83. The molecule has 9 heteroatoms. The van der Waals surface area contributed by atoms with Crippen molar-refractivity contribution >= 4 is 27.3 Å². The van der Waals surface area contributed by atoms with Crippen LogP contribution >= 0.6 is 11.3 Å². The summed E-state index contributed by atoms with van der Waals surface area (Å²) in [5.74, 6) is -0.193. The van der Waals surface area contributed by atoms with Gasteiger partial charge in [-0.25, -0.2) is 8.42 Å². The zero-order valence-corrected chi connectivity index (χ0v) is 15.8. The van der Waals surface area contributed by atoms with Crippen molar-refractivity contribution in [3.05, 3.63) is 40.3 Å². The average molecular weight is 396 g/mol. The molecule has 1 atom stereocenters. The normalized spacial score (nSPS) is 22.0. The summed E-state index contributed by atoms with van der Waals surface area (Å²) in [6.45, 7) is 1.95. The van der Waals surface area contributed by atoms with E-state index in [1.54, 1.807) is 16.2 Å². The Morgan fingerprint density at radius 3 is 2.69 bits per heavy atom. The number of thiophene rings is 1. The number of sulfonamides is 1. The van der Waals surface area contributed by atoms with Crippen molar-refractivity contribution in [3.8, 4) is 0 Å². The Kier molecular flexibility index (Phi) is 4.87. The van der Waals surface area contributed by atoms with Crippen LogP contribution in [-0.4, -0.2) is 56.4 Å². The number of hydrogen-bond acceptors (Lipinski definition) is 6. The molecule has 26 heavy (non-hydrogen) atoms. The lowest BCUT2D eigenvalue weighted by Crippen LogP contribution is -2.40. The lowest BCUT2D eigenvalue weighted by molar-refractivity contribution is 0.0688. The quantitative estimate of drug-likeness (QED) is 0.792. The molecule has 0 bridgehead atoms. The third-order valence-electron chi connectivity index (χ3n) is 4.80. The van der Waals surface area contributed by atoms with Gasteiger partial charge >= 0.3 is 0 Å². The summed E-state index contributed by atoms with van der Waals surface area (Å²) in [4.78, 5) is 14.6. The van der Waals surface area contributed by atoms with Gasteiger partial charge < -0.3 is 14.1 Å². The van der Waals surface area contributed by atoms with Crippen molar-refractivity contribution < 1.29 is 22.4 Å². The molecule has 140 valence electrons. The first kappa shape index (κ1) is 17.7. The van der Waals surface area contributed by atoms with Crippen molar-refractivity contribution in [2.45, 2.75) is 24.0 Å². The molecule has 0 unspecified atom stereocenters. The van der Waals surface area contributed by atoms with E-state index in [0.29, 0.717) is 32.8 Å². The zero-order valence-electron chi connectivity index (χ0n) is 14.2. The molecule has 2 aliphatic rings. The minimum absolute atomic E-state index is 0.0261. The highest BCUT2D eigenvalue weighted by molar-refractivity contribution is 7.89. The first-order valence-electron chi connectivity index (χ1n) is 8.58. The maximum absolute atomic E-state index is 12.9. The number of morpholine rings is 1. The summed E-state index contributed by atoms with van der Waals surface area (Å²) >= 11 is 1.60. The second kappa shape index (κ2) is 7.15. The van der Waals surface area contributed by atoms with Crippen LogP contribution in [0.15, 0.2) is 38.5 Å². The van der Waals surface area contributed by atoms with E-state index in [1.807, 2.05) is 16.8 Å². The van der Waals surface area contributed by atoms with E-state index < -0.39 is 10.0 Å². The van der Waals surface area contributed by atoms with Gasteiger partial charge in [0.15, 0.2) is 5.76 Å². The molecule has 2 aromatic heterocycles. The van der Waals surface area contributed by atoms with Gasteiger partial charge in [0, 0.05) is 19.6 Å². The number of nitrogens with zero attached hydrogens (tertiary/aromatic N) is 2. The third-order valence-corrected chi connectivity index (χ3v) is 7.27. The zero-order chi connectivity index (χ0) is 18.1. The summed E-state index contributed by atoms with van der Waals surface area (Å²) < 4.78 is 37.3. The van der Waals surface area contributed by atoms with Crippen LogP contribution in [0.3, 0.4) is 0 Å². The molecular weight excluding hydrogens is 376 g/mol. The van der Waals surface area contributed by atoms with Crippen LogP contribution in [0.25, 0.3) is 0 Å². The van der Waals surface area contributed by atoms with Crippen LogP contribution in [0.1, 0.15) is 35.0 Å². The molecule has 0 spiro atoms. The summed E-state index contributed by atoms with van der Waals surface area (Å²) in [6, 6.07) is 4.88. The maximum atomic E-state index is 12.9. The van der Waals surface area contributed by atoms with E-state index >= 15 is 0 Å². The van der Waals surface area contributed by atoms with Crippen molar-refractivity contribution in [2.24, 2.45) is 0 Å². The van der Waals surface area contributed by atoms with Crippen LogP contribution in [0, 0.1) is 0 Å². The van der Waals surface area contributed by atoms with Gasteiger partial charge in [-0.3, -0.25) is 4.79 Å². The van der Waals surface area contributed by atoms with Gasteiger partial charge in [0.2, 0.25) is 5.09 Å². The molecule has 1 amide bonds. The van der Waals surface area contributed by atoms with Gasteiger partial charge in [-0.1, -0.05) is 0 Å². The van der Waals surface area contributed by atoms with Gasteiger partial charge in [0.05, 0.1) is 19.3 Å². The maximum Gasteiger partial charge on any atom is 0.290 e. The number of furan rings is 1. The van der Waals surface area contributed by atoms with Gasteiger partial charge in [-0.05, 0) is 47.4 Å². The van der Waals surface area contributed by atoms with Crippen LogP contribution in [-0.2, 0) is 14.8 Å². The van der Waals surface area contributed by atoms with Crippen molar-refractivity contribution in [1.29, 1.82) is 0 Å². The Hall–Kier alpha value is -1.68. The molecule has 0 aliphatic carbocycles. The Bertz CT molecular complexity index is 869. The highest BCUT2D eigenvalue weighted by atomic mass is 32.2. The second-order valence-electron chi connectivity index (χ2n) is 6.35. The van der Waals surface area contributed by atoms with Crippen LogP contribution in [0.5, 0.6) is 0 Å². The topological polar surface area (TPSA) is 80.1 Å². The van der Waals surface area contributed by atoms with Crippen LogP contribution in [0.4, 0.5) is 0 Å². The minimum Gasteiger partial charge on any atom is -0.438 e. The average Bonchev–Trinajstić information content (AvgIpc) is 3.42. The molecule has 2 fully saturated rings. The molecular formula is C17H20N2O5S2. The number of likely N-dealkylation sites (tertiary alicyclic amines) is 1. The van der Waals surface area contributed by atoms with E-state index in [0.717, 1.165) is 18.4 Å². The highest BCUT2D eigenvalue weighted by Gasteiger charge is 2.34. The fourth-order valence-electron chi connectivity index (χ4n) is 3.45. The number of carbonyl (C=O) groups is 1. The number of ether oxygens (including phenoxy) is 1. The lowest BCUT2D eigenvalue weighted by atomic mass is 10.1. The third kappa shape index (κ3) is 3.20. The van der Waals surface area contributed by atoms with E-state index in [9.17, 15) is 13.2 Å². The Balaban J connectivity index is 1.55. The first-order valence-corrected chi connectivity index (χ1v) is 11.0. The number of rotatable bonds is 4. The van der Waals surface area contributed by atoms with E-state index in [-0.39, 0.29) is 22.8 Å². The minimum atomic E-state index is -3.74. The van der Waals surface area contributed by atoms with Crippen molar-refractivity contribution in [3.63, 3.8) is 0 Å². The molecule has 2 aliphatic heterocycles. The highest BCUT2D eigenvalue weighted by Crippen LogP contribution is 2.34. The molecule has 7 nitrogen and oxygen atoms in total. The van der Waals surface area contributed by atoms with E-state index in [4.69, 9.17) is 9.15 Å². The summed E-state index contributed by atoms with van der Waals surface area (Å²) in [5.41, 5.74) is 1.12. The number of amides is 1. The predicted molar refractivity (Wildman–Crippen MR) is 95.6 cm³/mol. The molecule has 0 aromatic carbocycles. The van der Waals surface area contributed by atoms with Gasteiger partial charge in [-0.2, -0.15) is 15.6 Å². The van der Waals surface area contributed by atoms with Gasteiger partial charge in [0.25, 0.3) is 15.9 Å². The Morgan fingerprint density at radius 2 is 1.96 bits per heavy atom. The fraction of sp³-hybridized carbons (Fsp3) is 0.471. The first-order chi connectivity index (χ1) is 12.6. The number of carbonyl (C=O) groups excluding carboxylic acids is 1. The SMILES string of the molecule is O=C(c1ccc(S(=O)(=O)N2CCOCC2)o1)N1CCC[C@@H]1c1ccsc1. The standard InChI is InChI=1S/C17H20N2O5S2/c20-17(19-6-1-2-14(19)13-5-11-25-12-13)15-3-4-16(24-15)26(21,22)18-7-9-23-10-8-18/h3-5,11-12,14H,1-2,6-10H2/t14-/m1/s1. The molecule has 0 saturated carbocycles. The molecule has 0 N–H and O–H groups in total. The molecule has 4 rings (SSSR count). The van der Waals surface area contributed by atoms with Crippen molar-refractivity contribution in [2.75, 3.05) is 32.8 Å². The van der Waals surface area contributed by atoms with Crippen molar-refractivity contribution in [1.82, 2.24) is 9.21 Å². The summed E-state index contributed by atoms with van der Waals surface area (Å²) in [7, 11) is -3.74. The molecule has 4 heterocycles. The second-order valence-corrected chi connectivity index (χ2v) is 9.00. The van der Waals surface area contributed by atoms with E-state index in [2.05, 4.69) is 0 Å². The van der Waals surface area contributed by atoms with Crippen LogP contribution < -0.4 is 0 Å². The van der Waals surface area contributed by atoms with Crippen LogP contribution in [0.2, 0.25) is 0 Å². The lowest BCUT2D eigenvalue weighted by Gasteiger charge is -2.25. The molecule has 2 saturated heterocycles.